The van der Waals surface area contributed by atoms with E-state index in [0.29, 0.717) is 40.9 Å². The molecule has 0 saturated carbocycles. The Balaban J connectivity index is 1.48. The van der Waals surface area contributed by atoms with Gasteiger partial charge in [0.2, 0.25) is 11.8 Å². The van der Waals surface area contributed by atoms with Crippen molar-refractivity contribution < 1.29 is 14.3 Å². The first-order chi connectivity index (χ1) is 14.0. The number of halogens is 1. The van der Waals surface area contributed by atoms with Gasteiger partial charge in [-0.1, -0.05) is 18.5 Å². The van der Waals surface area contributed by atoms with Crippen molar-refractivity contribution >= 4 is 46.1 Å². The maximum atomic E-state index is 12.3. The molecule has 2 aromatic carbocycles. The number of nitrogens with one attached hydrogen (secondary N) is 2. The number of ether oxygens (including phenoxy) is 1. The van der Waals surface area contributed by atoms with Crippen molar-refractivity contribution in [1.82, 2.24) is 4.98 Å². The van der Waals surface area contributed by atoms with Crippen LogP contribution in [-0.2, 0) is 22.6 Å². The second kappa shape index (κ2) is 10.0. The number of amides is 2. The summed E-state index contributed by atoms with van der Waals surface area (Å²) in [7, 11) is 0. The van der Waals surface area contributed by atoms with Gasteiger partial charge in [0, 0.05) is 28.2 Å². The zero-order valence-electron chi connectivity index (χ0n) is 15.8. The minimum atomic E-state index is -0.161. The lowest BCUT2D eigenvalue weighted by molar-refractivity contribution is -0.116. The summed E-state index contributed by atoms with van der Waals surface area (Å²) in [6, 6.07) is 14.1. The summed E-state index contributed by atoms with van der Waals surface area (Å²) in [4.78, 5) is 28.1. The molecule has 1 aromatic heterocycles. The summed E-state index contributed by atoms with van der Waals surface area (Å²) in [5, 5.41) is 8.88. The van der Waals surface area contributed by atoms with Crippen molar-refractivity contribution in [3.05, 3.63) is 69.6 Å². The summed E-state index contributed by atoms with van der Waals surface area (Å²) in [6.45, 7) is 2.12. The highest BCUT2D eigenvalue weighted by Gasteiger charge is 2.09. The topological polar surface area (TPSA) is 80.3 Å². The third kappa shape index (κ3) is 6.58. The number of carbonyl (C=O) groups excluding carboxylic acids is 2. The van der Waals surface area contributed by atoms with Crippen LogP contribution < -0.4 is 15.4 Å². The first-order valence-electron chi connectivity index (χ1n) is 9.03. The molecule has 0 aliphatic rings. The maximum absolute atomic E-state index is 12.3. The summed E-state index contributed by atoms with van der Waals surface area (Å²) in [6.07, 6.45) is 0.588. The van der Waals surface area contributed by atoms with E-state index in [4.69, 9.17) is 16.3 Å². The van der Waals surface area contributed by atoms with Crippen LogP contribution in [0.1, 0.15) is 24.0 Å². The van der Waals surface area contributed by atoms with E-state index in [0.717, 1.165) is 5.01 Å². The number of carbonyl (C=O) groups is 2. The number of anilines is 2. The molecule has 3 rings (SSSR count). The third-order valence-electron chi connectivity index (χ3n) is 3.89. The highest BCUT2D eigenvalue weighted by Crippen LogP contribution is 2.19. The van der Waals surface area contributed by atoms with Crippen LogP contribution in [0.4, 0.5) is 11.4 Å². The Morgan fingerprint density at radius 2 is 1.62 bits per heavy atom. The molecule has 150 valence electrons. The highest BCUT2D eigenvalue weighted by atomic mass is 35.5. The van der Waals surface area contributed by atoms with Crippen LogP contribution in [0.5, 0.6) is 5.75 Å². The van der Waals surface area contributed by atoms with E-state index in [9.17, 15) is 9.59 Å². The van der Waals surface area contributed by atoms with Gasteiger partial charge in [-0.3, -0.25) is 9.59 Å². The van der Waals surface area contributed by atoms with Gasteiger partial charge in [-0.2, -0.15) is 0 Å². The Kier molecular flexibility index (Phi) is 7.21. The quantitative estimate of drug-likeness (QED) is 0.533. The Labute approximate surface area is 177 Å². The fourth-order valence-electron chi connectivity index (χ4n) is 2.43. The molecule has 0 radical (unpaired) electrons. The van der Waals surface area contributed by atoms with Crippen LogP contribution >= 0.6 is 22.9 Å². The van der Waals surface area contributed by atoms with Gasteiger partial charge in [-0.25, -0.2) is 4.98 Å². The van der Waals surface area contributed by atoms with Crippen LogP contribution in [-0.4, -0.2) is 16.8 Å². The number of aromatic nitrogens is 1. The molecule has 0 aliphatic carbocycles. The molecule has 6 nitrogen and oxygen atoms in total. The lowest BCUT2D eigenvalue weighted by Crippen LogP contribution is -2.15. The van der Waals surface area contributed by atoms with Crippen molar-refractivity contribution in [1.29, 1.82) is 0 Å². The standard InChI is InChI=1S/C21H20ClN3O3S/c1-2-19(26)23-15-5-7-16(8-6-15)24-20(27)11-17-13-29-21(25-17)12-28-18-9-3-14(22)4-10-18/h3-10,13H,2,11-12H2,1H3,(H,23,26)(H,24,27). The zero-order valence-corrected chi connectivity index (χ0v) is 17.3. The Bertz CT molecular complexity index is 972. The van der Waals surface area contributed by atoms with E-state index < -0.39 is 0 Å². The minimum absolute atomic E-state index is 0.0545. The first-order valence-corrected chi connectivity index (χ1v) is 10.3. The maximum Gasteiger partial charge on any atom is 0.230 e. The fraction of sp³-hybridized carbons (Fsp3) is 0.190. The van der Waals surface area contributed by atoms with Crippen molar-refractivity contribution in [2.75, 3.05) is 10.6 Å². The average molecular weight is 430 g/mol. The molecular weight excluding hydrogens is 410 g/mol. The Morgan fingerprint density at radius 1 is 1.00 bits per heavy atom. The predicted octanol–water partition coefficient (Wildman–Crippen LogP) is 4.91. The molecular formula is C21H20ClN3O3S. The molecule has 1 heterocycles. The van der Waals surface area contributed by atoms with Gasteiger partial charge >= 0.3 is 0 Å². The molecule has 29 heavy (non-hydrogen) atoms. The number of hydrogen-bond donors (Lipinski definition) is 2. The molecule has 3 aromatic rings. The van der Waals surface area contributed by atoms with E-state index in [1.54, 1.807) is 55.5 Å². The molecule has 0 atom stereocenters. The van der Waals surface area contributed by atoms with Crippen molar-refractivity contribution in [2.24, 2.45) is 0 Å². The van der Waals surface area contributed by atoms with Crippen molar-refractivity contribution in [3.8, 4) is 5.75 Å². The second-order valence-corrected chi connectivity index (χ2v) is 7.56. The molecule has 0 unspecified atom stereocenters. The van der Waals surface area contributed by atoms with Gasteiger partial charge in [0.15, 0.2) is 0 Å². The van der Waals surface area contributed by atoms with Crippen LogP contribution in [0.3, 0.4) is 0 Å². The molecule has 2 N–H and O–H groups in total. The molecule has 8 heteroatoms. The van der Waals surface area contributed by atoms with Crippen LogP contribution in [0.15, 0.2) is 53.9 Å². The van der Waals surface area contributed by atoms with Gasteiger partial charge in [0.1, 0.15) is 17.4 Å². The largest absolute Gasteiger partial charge is 0.486 e. The first kappa shape index (κ1) is 20.8. The van der Waals surface area contributed by atoms with Crippen molar-refractivity contribution in [2.45, 2.75) is 26.4 Å². The van der Waals surface area contributed by atoms with Gasteiger partial charge in [-0.05, 0) is 48.5 Å². The van der Waals surface area contributed by atoms with Gasteiger partial charge in [0.05, 0.1) is 12.1 Å². The number of nitrogens with zero attached hydrogens (tertiary/aromatic N) is 1. The summed E-state index contributed by atoms with van der Waals surface area (Å²) < 4.78 is 5.67. The average Bonchev–Trinajstić information content (AvgIpc) is 3.16. The van der Waals surface area contributed by atoms with Gasteiger partial charge in [0.25, 0.3) is 0 Å². The fourth-order valence-corrected chi connectivity index (χ4v) is 3.26. The van der Waals surface area contributed by atoms with Crippen LogP contribution in [0, 0.1) is 0 Å². The third-order valence-corrected chi connectivity index (χ3v) is 5.01. The number of thiazole rings is 1. The zero-order chi connectivity index (χ0) is 20.6. The van der Waals surface area contributed by atoms with Gasteiger partial charge in [-0.15, -0.1) is 11.3 Å². The SMILES string of the molecule is CCC(=O)Nc1ccc(NC(=O)Cc2csc(COc3ccc(Cl)cc3)n2)cc1. The number of benzene rings is 2. The number of rotatable bonds is 8. The molecule has 2 amide bonds. The summed E-state index contributed by atoms with van der Waals surface area (Å²) >= 11 is 7.30. The van der Waals surface area contributed by atoms with E-state index in [-0.39, 0.29) is 18.2 Å². The molecule has 0 saturated heterocycles. The monoisotopic (exact) mass is 429 g/mol. The van der Waals surface area contributed by atoms with E-state index in [1.807, 2.05) is 5.38 Å². The summed E-state index contributed by atoms with van der Waals surface area (Å²) in [5.74, 6) is 0.495. The van der Waals surface area contributed by atoms with Crippen LogP contribution in [0.2, 0.25) is 5.02 Å². The smallest absolute Gasteiger partial charge is 0.230 e. The Morgan fingerprint density at radius 3 is 2.24 bits per heavy atom. The normalized spacial score (nSPS) is 10.4. The van der Waals surface area contributed by atoms with E-state index in [1.165, 1.54) is 11.3 Å². The van der Waals surface area contributed by atoms with Gasteiger partial charge < -0.3 is 15.4 Å². The molecule has 0 bridgehead atoms. The van der Waals surface area contributed by atoms with E-state index >= 15 is 0 Å². The van der Waals surface area contributed by atoms with Crippen molar-refractivity contribution in [3.63, 3.8) is 0 Å². The Hall–Kier alpha value is -2.90. The molecule has 0 spiro atoms. The van der Waals surface area contributed by atoms with E-state index in [2.05, 4.69) is 15.6 Å². The molecule has 0 aliphatic heterocycles. The predicted molar refractivity (Wildman–Crippen MR) is 116 cm³/mol. The van der Waals surface area contributed by atoms with Crippen LogP contribution in [0.25, 0.3) is 0 Å². The minimum Gasteiger partial charge on any atom is -0.486 e. The number of hydrogen-bond acceptors (Lipinski definition) is 5. The highest BCUT2D eigenvalue weighted by molar-refractivity contribution is 7.09. The summed E-state index contributed by atoms with van der Waals surface area (Å²) in [5.41, 5.74) is 2.04. The second-order valence-electron chi connectivity index (χ2n) is 6.18. The molecule has 0 fully saturated rings. The lowest BCUT2D eigenvalue weighted by atomic mass is 10.2. The lowest BCUT2D eigenvalue weighted by Gasteiger charge is -2.07.